The minimum absolute atomic E-state index is 1.07. The number of fused-ring (bicyclic) bond motifs is 1. The quantitative estimate of drug-likeness (QED) is 0.542. The zero-order valence-electron chi connectivity index (χ0n) is 5.90. The maximum atomic E-state index is 4.25. The molecule has 0 bridgehead atoms. The molecule has 2 heteroatoms. The molecule has 1 aromatic heterocycles. The zero-order valence-corrected chi connectivity index (χ0v) is 6.71. The smallest absolute Gasteiger partial charge is 0.0809 e. The first-order valence-corrected chi connectivity index (χ1v) is 4.30. The summed E-state index contributed by atoms with van der Waals surface area (Å²) in [6.45, 7) is 0. The first-order valence-electron chi connectivity index (χ1n) is 3.42. The van der Waals surface area contributed by atoms with Gasteiger partial charge in [-0.25, -0.2) is 0 Å². The second-order valence-electron chi connectivity index (χ2n) is 2.19. The second-order valence-corrected chi connectivity index (χ2v) is 3.14. The molecule has 0 saturated heterocycles. The summed E-state index contributed by atoms with van der Waals surface area (Å²) in [5.41, 5.74) is 0. The Kier molecular flexibility index (Phi) is 1.69. The van der Waals surface area contributed by atoms with Gasteiger partial charge in [-0.15, -0.1) is 11.3 Å². The molecule has 1 aliphatic rings. The zero-order chi connectivity index (χ0) is 7.52. The largest absolute Gasteiger partial charge is 0.255 e. The predicted octanol–water partition coefficient (Wildman–Crippen LogP) is 1.23. The van der Waals surface area contributed by atoms with Crippen LogP contribution >= 0.6 is 11.3 Å². The Morgan fingerprint density at radius 1 is 1.18 bits per heavy atom. The van der Waals surface area contributed by atoms with E-state index in [0.717, 1.165) is 5.36 Å². The van der Waals surface area contributed by atoms with Crippen LogP contribution in [0.4, 0.5) is 0 Å². The number of thiophene rings is 1. The number of hydrogen-bond donors (Lipinski definition) is 0. The van der Waals surface area contributed by atoms with E-state index in [1.165, 1.54) is 4.53 Å². The van der Waals surface area contributed by atoms with Crippen molar-refractivity contribution in [2.24, 2.45) is 4.99 Å². The van der Waals surface area contributed by atoms with E-state index >= 15 is 0 Å². The highest BCUT2D eigenvalue weighted by Crippen LogP contribution is 1.86. The summed E-state index contributed by atoms with van der Waals surface area (Å²) in [6.07, 6.45) is 9.83. The third kappa shape index (κ3) is 1.30. The molecule has 2 heterocycles. The normalized spacial score (nSPS) is 26.2. The molecular formula is C9H7NS. The van der Waals surface area contributed by atoms with Gasteiger partial charge in [0.05, 0.1) is 9.89 Å². The van der Waals surface area contributed by atoms with Gasteiger partial charge < -0.3 is 0 Å². The van der Waals surface area contributed by atoms with Gasteiger partial charge in [0.15, 0.2) is 0 Å². The van der Waals surface area contributed by atoms with Crippen molar-refractivity contribution in [1.29, 1.82) is 0 Å². The molecular weight excluding hydrogens is 154 g/mol. The molecule has 0 N–H and O–H groups in total. The van der Waals surface area contributed by atoms with Gasteiger partial charge in [0.1, 0.15) is 0 Å². The Morgan fingerprint density at radius 2 is 2.18 bits per heavy atom. The van der Waals surface area contributed by atoms with E-state index < -0.39 is 0 Å². The van der Waals surface area contributed by atoms with Gasteiger partial charge in [-0.1, -0.05) is 12.2 Å². The van der Waals surface area contributed by atoms with Crippen molar-refractivity contribution in [3.05, 3.63) is 45.8 Å². The number of nitrogens with zero attached hydrogens (tertiary/aromatic N) is 1. The molecule has 1 aliphatic heterocycles. The molecule has 11 heavy (non-hydrogen) atoms. The maximum Gasteiger partial charge on any atom is 0.0809 e. The number of allylic oxidation sites excluding steroid dienone is 3. The fourth-order valence-corrected chi connectivity index (χ4v) is 1.67. The average Bonchev–Trinajstić information content (AvgIpc) is 2.35. The van der Waals surface area contributed by atoms with Gasteiger partial charge in [0.25, 0.3) is 0 Å². The molecule has 1 aromatic rings. The lowest BCUT2D eigenvalue weighted by atomic mass is 10.4. The summed E-state index contributed by atoms with van der Waals surface area (Å²) in [7, 11) is 0. The monoisotopic (exact) mass is 161 g/mol. The maximum absolute atomic E-state index is 4.25. The molecule has 2 rings (SSSR count). The van der Waals surface area contributed by atoms with E-state index in [-0.39, 0.29) is 0 Å². The lowest BCUT2D eigenvalue weighted by Gasteiger charge is -1.80. The molecule has 0 unspecified atom stereocenters. The number of rotatable bonds is 0. The van der Waals surface area contributed by atoms with Gasteiger partial charge in [0, 0.05) is 6.20 Å². The SMILES string of the molecule is C1=C\C=c2\scc\c2=N\C=C/1. The summed E-state index contributed by atoms with van der Waals surface area (Å²) in [5, 5.41) is 3.12. The van der Waals surface area contributed by atoms with Crippen LogP contribution in [0.15, 0.2) is 40.9 Å². The van der Waals surface area contributed by atoms with Crippen LogP contribution in [-0.4, -0.2) is 0 Å². The fourth-order valence-electron chi connectivity index (χ4n) is 0.926. The van der Waals surface area contributed by atoms with Crippen molar-refractivity contribution >= 4 is 17.4 Å². The highest BCUT2D eigenvalue weighted by Gasteiger charge is 1.85. The molecule has 0 amide bonds. The Bertz CT molecular complexity index is 371. The van der Waals surface area contributed by atoms with Gasteiger partial charge in [0.2, 0.25) is 0 Å². The van der Waals surface area contributed by atoms with E-state index in [0.29, 0.717) is 0 Å². The van der Waals surface area contributed by atoms with Crippen LogP contribution in [0.5, 0.6) is 0 Å². The molecule has 0 aliphatic carbocycles. The lowest BCUT2D eigenvalue weighted by Crippen LogP contribution is -2.17. The van der Waals surface area contributed by atoms with Gasteiger partial charge in [-0.3, -0.25) is 4.99 Å². The van der Waals surface area contributed by atoms with Crippen LogP contribution in [-0.2, 0) is 0 Å². The van der Waals surface area contributed by atoms with Gasteiger partial charge in [-0.05, 0) is 23.6 Å². The topological polar surface area (TPSA) is 12.4 Å². The predicted molar refractivity (Wildman–Crippen MR) is 47.8 cm³/mol. The summed E-state index contributed by atoms with van der Waals surface area (Å²) in [6, 6.07) is 2.03. The van der Waals surface area contributed by atoms with Crippen molar-refractivity contribution in [3.63, 3.8) is 0 Å². The molecule has 1 nitrogen and oxygen atoms in total. The molecule has 0 atom stereocenters. The Hall–Kier alpha value is -1.15. The molecule has 0 fully saturated rings. The van der Waals surface area contributed by atoms with Crippen molar-refractivity contribution in [1.82, 2.24) is 0 Å². The summed E-state index contributed by atoms with van der Waals surface area (Å²) in [5.74, 6) is 0. The van der Waals surface area contributed by atoms with E-state index in [4.69, 9.17) is 0 Å². The average molecular weight is 161 g/mol. The minimum Gasteiger partial charge on any atom is -0.255 e. The van der Waals surface area contributed by atoms with Crippen LogP contribution in [0, 0.1) is 0 Å². The molecule has 0 spiro atoms. The Balaban J connectivity index is 2.80. The van der Waals surface area contributed by atoms with Crippen LogP contribution in [0.1, 0.15) is 0 Å². The van der Waals surface area contributed by atoms with E-state index in [1.54, 1.807) is 11.3 Å². The first kappa shape index (κ1) is 6.55. The van der Waals surface area contributed by atoms with Crippen molar-refractivity contribution in [2.45, 2.75) is 0 Å². The standard InChI is InChI=1S/C9H7NS/c1-2-4-9-8(5-7-11-9)10-6-3-1/h1-7H/b2-1-,3-1?,4-2?,6-3-,9-4+,10-6?,10-8-. The Labute approximate surface area is 68.7 Å². The molecule has 0 saturated carbocycles. The van der Waals surface area contributed by atoms with Crippen LogP contribution < -0.4 is 9.89 Å². The van der Waals surface area contributed by atoms with E-state index in [1.807, 2.05) is 30.5 Å². The summed E-state index contributed by atoms with van der Waals surface area (Å²) >= 11 is 1.71. The van der Waals surface area contributed by atoms with Gasteiger partial charge >= 0.3 is 0 Å². The summed E-state index contributed by atoms with van der Waals surface area (Å²) in [4.78, 5) is 4.25. The first-order chi connectivity index (χ1) is 5.47. The van der Waals surface area contributed by atoms with Gasteiger partial charge in [-0.2, -0.15) is 0 Å². The molecule has 0 radical (unpaired) electrons. The Morgan fingerprint density at radius 3 is 3.18 bits per heavy atom. The van der Waals surface area contributed by atoms with Crippen LogP contribution in [0.2, 0.25) is 0 Å². The van der Waals surface area contributed by atoms with Crippen molar-refractivity contribution in [2.75, 3.05) is 0 Å². The van der Waals surface area contributed by atoms with E-state index in [9.17, 15) is 0 Å². The highest BCUT2D eigenvalue weighted by atomic mass is 32.1. The fraction of sp³-hybridized carbons (Fsp3) is 0. The third-order valence-electron chi connectivity index (χ3n) is 1.44. The van der Waals surface area contributed by atoms with Crippen molar-refractivity contribution < 1.29 is 0 Å². The highest BCUT2D eigenvalue weighted by molar-refractivity contribution is 7.07. The minimum atomic E-state index is 1.07. The second kappa shape index (κ2) is 2.84. The molecule has 0 aromatic carbocycles. The van der Waals surface area contributed by atoms with Crippen molar-refractivity contribution in [3.8, 4) is 0 Å². The van der Waals surface area contributed by atoms with E-state index in [2.05, 4.69) is 16.4 Å². The van der Waals surface area contributed by atoms with Crippen LogP contribution in [0.3, 0.4) is 0 Å². The third-order valence-corrected chi connectivity index (χ3v) is 2.31. The number of hydrogen-bond acceptors (Lipinski definition) is 2. The van der Waals surface area contributed by atoms with Crippen LogP contribution in [0.25, 0.3) is 6.08 Å². The summed E-state index contributed by atoms with van der Waals surface area (Å²) < 4.78 is 1.23. The lowest BCUT2D eigenvalue weighted by molar-refractivity contribution is 1.35. The molecule has 54 valence electrons.